The molecule has 182 valence electrons. The van der Waals surface area contributed by atoms with Crippen molar-refractivity contribution in [2.24, 2.45) is 0 Å². The minimum absolute atomic E-state index is 0.0381. The van der Waals surface area contributed by atoms with E-state index in [2.05, 4.69) is 24.4 Å². The molecule has 0 amide bonds. The van der Waals surface area contributed by atoms with Crippen LogP contribution in [-0.4, -0.2) is 43.2 Å². The van der Waals surface area contributed by atoms with Gasteiger partial charge in [-0.1, -0.05) is 0 Å². The van der Waals surface area contributed by atoms with E-state index in [0.717, 1.165) is 31.6 Å². The summed E-state index contributed by atoms with van der Waals surface area (Å²) in [4.78, 5) is 16.8. The summed E-state index contributed by atoms with van der Waals surface area (Å²) in [6.07, 6.45) is 7.62. The van der Waals surface area contributed by atoms with Crippen LogP contribution >= 0.6 is 11.9 Å². The van der Waals surface area contributed by atoms with E-state index in [4.69, 9.17) is 14.5 Å². The van der Waals surface area contributed by atoms with E-state index in [1.807, 2.05) is 27.9 Å². The van der Waals surface area contributed by atoms with Crippen LogP contribution in [0.25, 0.3) is 0 Å². The number of aryl methyl sites for hydroxylation is 2. The Morgan fingerprint density at radius 2 is 2.10 bits per heavy atom. The molecule has 0 radical (unpaired) electrons. The van der Waals surface area contributed by atoms with Crippen LogP contribution in [0.5, 0.6) is 0 Å². The molecule has 1 aliphatic rings. The van der Waals surface area contributed by atoms with E-state index in [1.165, 1.54) is 39.4 Å². The van der Waals surface area contributed by atoms with Crippen molar-refractivity contribution in [3.05, 3.63) is 23.4 Å². The zero-order valence-corrected chi connectivity index (χ0v) is 26.1. The number of rotatable bonds is 13. The molecule has 5 nitrogen and oxygen atoms in total. The summed E-state index contributed by atoms with van der Waals surface area (Å²) in [5.74, 6) is 1.08. The second-order valence-corrected chi connectivity index (χ2v) is 45.7. The number of alkyl halides is 3. The van der Waals surface area contributed by atoms with Gasteiger partial charge >= 0.3 is 211 Å². The minimum atomic E-state index is -0.844. The molecular weight excluding hydrogens is 733 g/mol. The first-order chi connectivity index (χ1) is 14.8. The number of anilines is 1. The molecule has 0 aromatic carbocycles. The molecule has 0 fully saturated rings. The van der Waals surface area contributed by atoms with Crippen molar-refractivity contribution in [2.45, 2.75) is 82.4 Å². The molecule has 1 aromatic rings. The van der Waals surface area contributed by atoms with Gasteiger partial charge in [0, 0.05) is 0 Å². The van der Waals surface area contributed by atoms with Gasteiger partial charge < -0.3 is 0 Å². The van der Waals surface area contributed by atoms with Crippen molar-refractivity contribution in [1.29, 1.82) is 0 Å². The molecule has 1 atom stereocenters. The summed E-state index contributed by atoms with van der Waals surface area (Å²) in [6, 6.07) is 4.50. The van der Waals surface area contributed by atoms with Crippen LogP contribution in [0.1, 0.15) is 71.1 Å². The number of unbranched alkanes of at least 4 members (excludes halogenated alkanes) is 1. The van der Waals surface area contributed by atoms with Gasteiger partial charge in [-0.05, 0) is 0 Å². The number of esters is 1. The van der Waals surface area contributed by atoms with E-state index in [1.54, 1.807) is 0 Å². The Bertz CT molecular complexity index is 683. The Hall–Kier alpha value is 0.570. The second kappa shape index (κ2) is 14.7. The second-order valence-electron chi connectivity index (χ2n) is 8.58. The van der Waals surface area contributed by atoms with Gasteiger partial charge in [0.2, 0.25) is 0 Å². The number of halogens is 3. The molecule has 0 bridgehead atoms. The summed E-state index contributed by atoms with van der Waals surface area (Å²) in [6.45, 7) is 9.12. The average Bonchev–Trinajstić information content (AvgIpc) is 2.72. The monoisotopic (exact) mass is 772 g/mol. The molecule has 0 aliphatic carbocycles. The molecule has 0 saturated carbocycles. The number of fused-ring (bicyclic) bond motifs is 1. The molecule has 0 saturated heterocycles. The number of hydrogen-bond donors (Lipinski definition) is 1. The Morgan fingerprint density at radius 1 is 1.29 bits per heavy atom. The fourth-order valence-electron chi connectivity index (χ4n) is 3.01. The van der Waals surface area contributed by atoms with E-state index >= 15 is 0 Å². The number of ether oxygens (including phenoxy) is 2. The van der Waals surface area contributed by atoms with Gasteiger partial charge in [-0.15, -0.1) is 0 Å². The van der Waals surface area contributed by atoms with Crippen LogP contribution in [0.4, 0.5) is 5.82 Å². The van der Waals surface area contributed by atoms with Crippen LogP contribution < -0.4 is 39.8 Å². The first-order valence-corrected chi connectivity index (χ1v) is 28.0. The summed E-state index contributed by atoms with van der Waals surface area (Å²) in [5.41, 5.74) is 2.24. The first-order valence-electron chi connectivity index (χ1n) is 11.1. The number of methoxy groups -OCH3 is 1. The number of aromatic nitrogens is 1. The maximum absolute atomic E-state index is 11.9. The normalized spacial score (nSPS) is 15.3. The van der Waals surface area contributed by atoms with Gasteiger partial charge in [-0.3, -0.25) is 0 Å². The number of pyridine rings is 1. The zero-order valence-electron chi connectivity index (χ0n) is 19.6. The van der Waals surface area contributed by atoms with Crippen molar-refractivity contribution < 1.29 is 48.7 Å². The third-order valence-corrected chi connectivity index (χ3v) is 47.7. The van der Waals surface area contributed by atoms with Crippen LogP contribution in [0.15, 0.2) is 12.1 Å². The Kier molecular flexibility index (Phi) is 13.2. The van der Waals surface area contributed by atoms with Crippen molar-refractivity contribution in [2.75, 3.05) is 27.8 Å². The van der Waals surface area contributed by atoms with Gasteiger partial charge in [0.25, 0.3) is 0 Å². The van der Waals surface area contributed by atoms with Gasteiger partial charge in [0.15, 0.2) is 0 Å². The number of carbonyl (C=O) groups is 1. The van der Waals surface area contributed by atoms with Crippen molar-refractivity contribution >= 4 is 23.7 Å². The molecule has 0 spiro atoms. The molecular formula is C23H39I3N2O3-2. The van der Waals surface area contributed by atoms with Gasteiger partial charge in [0.05, 0.1) is 0 Å². The SMILES string of the molecule is CO[C@H](C)[I-]I(CCCCc1ccc2c(n1)NCCC2)[I-]CCCC(=O)OC(C)(C)C. The zero-order chi connectivity index (χ0) is 22.7. The Balaban J connectivity index is 1.70. The van der Waals surface area contributed by atoms with Crippen LogP contribution in [0.3, 0.4) is 0 Å². The number of hydrogen-bond acceptors (Lipinski definition) is 5. The van der Waals surface area contributed by atoms with Gasteiger partial charge in [-0.25, -0.2) is 0 Å². The number of carbonyl (C=O) groups excluding carboxylic acids is 1. The number of nitrogens with zero attached hydrogens (tertiary/aromatic N) is 1. The predicted molar refractivity (Wildman–Crippen MR) is 129 cm³/mol. The van der Waals surface area contributed by atoms with Crippen LogP contribution in [0.2, 0.25) is 0 Å². The van der Waals surface area contributed by atoms with E-state index in [0.29, 0.717) is 10.5 Å². The Morgan fingerprint density at radius 3 is 2.84 bits per heavy atom. The molecule has 1 aliphatic heterocycles. The summed E-state index contributed by atoms with van der Waals surface area (Å²) < 4.78 is 14.3. The van der Waals surface area contributed by atoms with Crippen LogP contribution in [0, 0.1) is 0 Å². The number of nitrogens with one attached hydrogen (secondary N) is 1. The average molecular weight is 772 g/mol. The molecule has 1 aromatic heterocycles. The van der Waals surface area contributed by atoms with Crippen molar-refractivity contribution in [3.8, 4) is 0 Å². The Labute approximate surface area is 209 Å². The van der Waals surface area contributed by atoms with Crippen molar-refractivity contribution in [1.82, 2.24) is 4.98 Å². The molecule has 2 heterocycles. The molecule has 31 heavy (non-hydrogen) atoms. The van der Waals surface area contributed by atoms with Gasteiger partial charge in [-0.2, -0.15) is 0 Å². The molecule has 0 unspecified atom stereocenters. The maximum atomic E-state index is 11.9. The van der Waals surface area contributed by atoms with E-state index < -0.39 is 11.9 Å². The van der Waals surface area contributed by atoms with Crippen LogP contribution in [-0.2, 0) is 27.1 Å². The third kappa shape index (κ3) is 12.0. The fourth-order valence-corrected chi connectivity index (χ4v) is 49.9. The summed E-state index contributed by atoms with van der Waals surface area (Å²) in [7, 11) is 1.86. The summed E-state index contributed by atoms with van der Waals surface area (Å²) >= 11 is -0.378. The quantitative estimate of drug-likeness (QED) is 0.126. The topological polar surface area (TPSA) is 60.5 Å². The van der Waals surface area contributed by atoms with E-state index in [9.17, 15) is 4.79 Å². The van der Waals surface area contributed by atoms with Gasteiger partial charge in [0.1, 0.15) is 0 Å². The summed E-state index contributed by atoms with van der Waals surface area (Å²) in [5, 5.41) is 3.45. The third-order valence-electron chi connectivity index (χ3n) is 4.56. The van der Waals surface area contributed by atoms with Crippen molar-refractivity contribution in [3.63, 3.8) is 0 Å². The molecule has 8 heteroatoms. The van der Waals surface area contributed by atoms with E-state index in [-0.39, 0.29) is 46.0 Å². The molecule has 1 N–H and O–H groups in total. The first kappa shape index (κ1) is 27.8. The standard InChI is InChI=1S/C23H39I3N2O3/c1-18(30-5)25-26(24-15-8-12-21(29)31-23(2,3)4)16-7-6-11-20-14-13-19-10-9-17-27-22(19)28-20/h13-14,18H,6-12,15-17H2,1-5H3,(H,27,28)/q-2/t18-/m1/s1. The fraction of sp³-hybridized carbons (Fsp3) is 0.739. The molecule has 2 rings (SSSR count). The predicted octanol–water partition coefficient (Wildman–Crippen LogP) is -0.609.